The van der Waals surface area contributed by atoms with E-state index in [2.05, 4.69) is 36.4 Å². The van der Waals surface area contributed by atoms with Gasteiger partial charge in [0.1, 0.15) is 0 Å². The van der Waals surface area contributed by atoms with Crippen LogP contribution in [0.3, 0.4) is 0 Å². The van der Waals surface area contributed by atoms with E-state index in [4.69, 9.17) is 4.74 Å². The van der Waals surface area contributed by atoms with Gasteiger partial charge in [0.15, 0.2) is 5.96 Å². The molecule has 5 nitrogen and oxygen atoms in total. The van der Waals surface area contributed by atoms with Crippen molar-refractivity contribution in [1.82, 2.24) is 10.6 Å². The Hall–Kier alpha value is -0.810. The van der Waals surface area contributed by atoms with E-state index in [-0.39, 0.29) is 12.0 Å². The third kappa shape index (κ3) is 7.45. The number of aliphatic hydroxyl groups is 1. The standard InChI is InChI=1S/C17H35N3O2/c1-16(2,3)7-5-6-10-19-15(18-4)20-13-17(8-11-21)9-12-22-14-17/h21H,5-14H2,1-4H3,(H2,18,19,20). The van der Waals surface area contributed by atoms with Gasteiger partial charge in [-0.25, -0.2) is 0 Å². The number of nitrogens with one attached hydrogen (secondary N) is 2. The summed E-state index contributed by atoms with van der Waals surface area (Å²) in [6, 6.07) is 0. The highest BCUT2D eigenvalue weighted by Crippen LogP contribution is 2.31. The average Bonchev–Trinajstić information content (AvgIpc) is 2.90. The van der Waals surface area contributed by atoms with Gasteiger partial charge in [0.05, 0.1) is 6.61 Å². The number of aliphatic imine (C=N–C) groups is 1. The lowest BCUT2D eigenvalue weighted by Gasteiger charge is -2.27. The molecule has 0 aliphatic carbocycles. The number of ether oxygens (including phenoxy) is 1. The van der Waals surface area contributed by atoms with Crippen molar-refractivity contribution in [3.05, 3.63) is 0 Å². The van der Waals surface area contributed by atoms with Crippen molar-refractivity contribution in [2.45, 2.75) is 52.9 Å². The molecule has 1 saturated heterocycles. The molecule has 1 aliphatic rings. The Morgan fingerprint density at radius 3 is 2.59 bits per heavy atom. The molecule has 130 valence electrons. The molecule has 0 amide bonds. The van der Waals surface area contributed by atoms with Gasteiger partial charge in [0, 0.05) is 38.8 Å². The molecule has 0 aromatic rings. The van der Waals surface area contributed by atoms with Gasteiger partial charge in [-0.05, 0) is 31.1 Å². The summed E-state index contributed by atoms with van der Waals surface area (Å²) in [5.41, 5.74) is 0.470. The fourth-order valence-electron chi connectivity index (χ4n) is 2.79. The van der Waals surface area contributed by atoms with Gasteiger partial charge in [-0.15, -0.1) is 0 Å². The molecule has 0 spiro atoms. The Labute approximate surface area is 135 Å². The van der Waals surface area contributed by atoms with Gasteiger partial charge in [-0.1, -0.05) is 27.2 Å². The molecule has 1 unspecified atom stereocenters. The molecule has 22 heavy (non-hydrogen) atoms. The molecule has 0 aromatic carbocycles. The fourth-order valence-corrected chi connectivity index (χ4v) is 2.79. The van der Waals surface area contributed by atoms with Crippen molar-refractivity contribution in [2.75, 3.05) is 40.0 Å². The monoisotopic (exact) mass is 313 g/mol. The highest BCUT2D eigenvalue weighted by atomic mass is 16.5. The highest BCUT2D eigenvalue weighted by Gasteiger charge is 2.34. The number of hydrogen-bond donors (Lipinski definition) is 3. The Morgan fingerprint density at radius 2 is 2.05 bits per heavy atom. The zero-order chi connectivity index (χ0) is 16.5. The SMILES string of the molecule is CN=C(NCCCCC(C)(C)C)NCC1(CCO)CCOC1. The zero-order valence-electron chi connectivity index (χ0n) is 14.9. The molecule has 0 radical (unpaired) electrons. The molecule has 1 heterocycles. The maximum atomic E-state index is 9.25. The van der Waals surface area contributed by atoms with Crippen LogP contribution in [0.4, 0.5) is 0 Å². The Kier molecular flexibility index (Phi) is 8.18. The molecule has 1 aliphatic heterocycles. The van der Waals surface area contributed by atoms with Crippen molar-refractivity contribution in [3.8, 4) is 0 Å². The summed E-state index contributed by atoms with van der Waals surface area (Å²) in [5, 5.41) is 16.0. The van der Waals surface area contributed by atoms with E-state index in [1.165, 1.54) is 12.8 Å². The molecule has 1 fully saturated rings. The summed E-state index contributed by atoms with van der Waals surface area (Å²) in [4.78, 5) is 4.28. The van der Waals surface area contributed by atoms with Crippen LogP contribution in [-0.2, 0) is 4.74 Å². The van der Waals surface area contributed by atoms with E-state index in [1.54, 1.807) is 7.05 Å². The van der Waals surface area contributed by atoms with Crippen molar-refractivity contribution in [2.24, 2.45) is 15.8 Å². The van der Waals surface area contributed by atoms with E-state index < -0.39 is 0 Å². The summed E-state index contributed by atoms with van der Waals surface area (Å²) >= 11 is 0. The van der Waals surface area contributed by atoms with E-state index in [9.17, 15) is 5.11 Å². The summed E-state index contributed by atoms with van der Waals surface area (Å²) in [7, 11) is 1.80. The van der Waals surface area contributed by atoms with Crippen LogP contribution in [0.2, 0.25) is 0 Å². The lowest BCUT2D eigenvalue weighted by molar-refractivity contribution is 0.127. The Bertz CT molecular complexity index is 331. The molecular weight excluding hydrogens is 278 g/mol. The molecular formula is C17H35N3O2. The van der Waals surface area contributed by atoms with Crippen LogP contribution in [0.1, 0.15) is 52.9 Å². The van der Waals surface area contributed by atoms with Crippen LogP contribution in [0, 0.1) is 10.8 Å². The van der Waals surface area contributed by atoms with Crippen molar-refractivity contribution >= 4 is 5.96 Å². The lowest BCUT2D eigenvalue weighted by atomic mass is 9.84. The summed E-state index contributed by atoms with van der Waals surface area (Å²) in [6.45, 7) is 10.3. The van der Waals surface area contributed by atoms with E-state index >= 15 is 0 Å². The van der Waals surface area contributed by atoms with Gasteiger partial charge >= 0.3 is 0 Å². The minimum atomic E-state index is 0.0542. The largest absolute Gasteiger partial charge is 0.396 e. The second kappa shape index (κ2) is 9.36. The molecule has 0 aromatic heterocycles. The fraction of sp³-hybridized carbons (Fsp3) is 0.941. The smallest absolute Gasteiger partial charge is 0.190 e. The molecule has 0 bridgehead atoms. The number of guanidine groups is 1. The number of unbranched alkanes of at least 4 members (excludes halogenated alkanes) is 1. The zero-order valence-corrected chi connectivity index (χ0v) is 14.9. The van der Waals surface area contributed by atoms with E-state index in [0.717, 1.165) is 51.5 Å². The maximum Gasteiger partial charge on any atom is 0.190 e. The normalized spacial score (nSPS) is 22.9. The predicted molar refractivity (Wildman–Crippen MR) is 92.2 cm³/mol. The first-order valence-electron chi connectivity index (χ1n) is 8.54. The van der Waals surface area contributed by atoms with Crippen LogP contribution in [-0.4, -0.2) is 51.0 Å². The quantitative estimate of drug-likeness (QED) is 0.365. The lowest BCUT2D eigenvalue weighted by Crippen LogP contribution is -2.44. The second-order valence-electron chi connectivity index (χ2n) is 7.65. The third-order valence-corrected chi connectivity index (χ3v) is 4.33. The summed E-state index contributed by atoms with van der Waals surface area (Å²) < 4.78 is 5.51. The molecule has 0 saturated carbocycles. The van der Waals surface area contributed by atoms with Gasteiger partial charge in [0.25, 0.3) is 0 Å². The van der Waals surface area contributed by atoms with E-state index in [0.29, 0.717) is 5.41 Å². The number of nitrogens with zero attached hydrogens (tertiary/aromatic N) is 1. The maximum absolute atomic E-state index is 9.25. The van der Waals surface area contributed by atoms with Gasteiger partial charge in [-0.3, -0.25) is 4.99 Å². The summed E-state index contributed by atoms with van der Waals surface area (Å²) in [6.07, 6.45) is 5.42. The van der Waals surface area contributed by atoms with Crippen LogP contribution in [0.5, 0.6) is 0 Å². The molecule has 1 rings (SSSR count). The first kappa shape index (κ1) is 19.2. The van der Waals surface area contributed by atoms with Gasteiger partial charge in [0.2, 0.25) is 0 Å². The van der Waals surface area contributed by atoms with E-state index in [1.807, 2.05) is 0 Å². The molecule has 1 atom stereocenters. The Balaban J connectivity index is 2.24. The number of hydrogen-bond acceptors (Lipinski definition) is 3. The number of rotatable bonds is 8. The van der Waals surface area contributed by atoms with Crippen molar-refractivity contribution in [3.63, 3.8) is 0 Å². The van der Waals surface area contributed by atoms with Crippen LogP contribution < -0.4 is 10.6 Å². The van der Waals surface area contributed by atoms with Gasteiger partial charge < -0.3 is 20.5 Å². The minimum absolute atomic E-state index is 0.0542. The van der Waals surface area contributed by atoms with Crippen LogP contribution in [0.15, 0.2) is 4.99 Å². The second-order valence-corrected chi connectivity index (χ2v) is 7.65. The first-order valence-corrected chi connectivity index (χ1v) is 8.54. The van der Waals surface area contributed by atoms with Crippen molar-refractivity contribution in [1.29, 1.82) is 0 Å². The molecule has 3 N–H and O–H groups in total. The predicted octanol–water partition coefficient (Wildman–Crippen LogP) is 2.16. The Morgan fingerprint density at radius 1 is 1.27 bits per heavy atom. The topological polar surface area (TPSA) is 65.9 Å². The van der Waals surface area contributed by atoms with Gasteiger partial charge in [-0.2, -0.15) is 0 Å². The highest BCUT2D eigenvalue weighted by molar-refractivity contribution is 5.79. The first-order chi connectivity index (χ1) is 10.4. The average molecular weight is 313 g/mol. The minimum Gasteiger partial charge on any atom is -0.396 e. The van der Waals surface area contributed by atoms with Crippen LogP contribution >= 0.6 is 0 Å². The molecule has 5 heteroatoms. The summed E-state index contributed by atoms with van der Waals surface area (Å²) in [5.74, 6) is 0.847. The third-order valence-electron chi connectivity index (χ3n) is 4.33. The van der Waals surface area contributed by atoms with Crippen molar-refractivity contribution < 1.29 is 9.84 Å². The van der Waals surface area contributed by atoms with Crippen LogP contribution in [0.25, 0.3) is 0 Å². The number of aliphatic hydroxyl groups excluding tert-OH is 1.